The van der Waals surface area contributed by atoms with Gasteiger partial charge in [-0.15, -0.1) is 0 Å². The Morgan fingerprint density at radius 1 is 1.42 bits per heavy atom. The molecule has 0 aliphatic carbocycles. The van der Waals surface area contributed by atoms with Crippen LogP contribution in [0.5, 0.6) is 0 Å². The number of nitrogen functional groups attached to an aromatic ring is 1. The Bertz CT molecular complexity index is 248. The number of nitrogens with two attached hydrogens (primary N) is 2. The second kappa shape index (κ2) is 3.59. The molecule has 0 bridgehead atoms. The lowest BCUT2D eigenvalue weighted by atomic mass is 9.98. The molecule has 2 nitrogen and oxygen atoms in total. The molecule has 0 radical (unpaired) electrons. The van der Waals surface area contributed by atoms with Gasteiger partial charge in [-0.2, -0.15) is 0 Å². The minimum absolute atomic E-state index is 0.0752. The summed E-state index contributed by atoms with van der Waals surface area (Å²) in [5.74, 6) is 0. The van der Waals surface area contributed by atoms with Crippen LogP contribution < -0.4 is 11.5 Å². The third-order valence-electron chi connectivity index (χ3n) is 2.17. The van der Waals surface area contributed by atoms with Crippen molar-refractivity contribution >= 4 is 5.69 Å². The van der Waals surface area contributed by atoms with Crippen molar-refractivity contribution in [3.05, 3.63) is 29.3 Å². The highest BCUT2D eigenvalue weighted by atomic mass is 14.7. The molecule has 66 valence electrons. The van der Waals surface area contributed by atoms with Gasteiger partial charge in [0.05, 0.1) is 0 Å². The van der Waals surface area contributed by atoms with Crippen LogP contribution >= 0.6 is 0 Å². The third-order valence-corrected chi connectivity index (χ3v) is 2.17. The van der Waals surface area contributed by atoms with Crippen LogP contribution in [-0.2, 0) is 0 Å². The van der Waals surface area contributed by atoms with Crippen molar-refractivity contribution < 1.29 is 0 Å². The number of rotatable bonds is 2. The normalized spacial score (nSPS) is 12.9. The van der Waals surface area contributed by atoms with Crippen molar-refractivity contribution in [2.24, 2.45) is 5.73 Å². The van der Waals surface area contributed by atoms with Gasteiger partial charge in [-0.1, -0.05) is 19.1 Å². The first-order chi connectivity index (χ1) is 5.66. The van der Waals surface area contributed by atoms with E-state index in [0.29, 0.717) is 0 Å². The van der Waals surface area contributed by atoms with Crippen LogP contribution in [-0.4, -0.2) is 0 Å². The number of benzene rings is 1. The summed E-state index contributed by atoms with van der Waals surface area (Å²) in [5.41, 5.74) is 14.8. The molecule has 1 aromatic rings. The van der Waals surface area contributed by atoms with Gasteiger partial charge in [-0.25, -0.2) is 0 Å². The van der Waals surface area contributed by atoms with E-state index in [-0.39, 0.29) is 6.04 Å². The molecule has 0 unspecified atom stereocenters. The van der Waals surface area contributed by atoms with Crippen LogP contribution in [0.25, 0.3) is 0 Å². The van der Waals surface area contributed by atoms with E-state index in [1.165, 1.54) is 5.56 Å². The van der Waals surface area contributed by atoms with Crippen LogP contribution in [0.2, 0.25) is 0 Å². The maximum absolute atomic E-state index is 5.92. The Kier molecular flexibility index (Phi) is 2.71. The Morgan fingerprint density at radius 2 is 2.08 bits per heavy atom. The fourth-order valence-electron chi connectivity index (χ4n) is 1.41. The summed E-state index contributed by atoms with van der Waals surface area (Å²) in [6, 6.07) is 5.97. The van der Waals surface area contributed by atoms with E-state index in [2.05, 4.69) is 6.92 Å². The van der Waals surface area contributed by atoms with Crippen molar-refractivity contribution in [2.45, 2.75) is 26.3 Å². The number of hydrogen-bond acceptors (Lipinski definition) is 2. The SMILES string of the molecule is CC[C@@H](N)c1c(C)cccc1N. The van der Waals surface area contributed by atoms with Gasteiger partial charge >= 0.3 is 0 Å². The fraction of sp³-hybridized carbons (Fsp3) is 0.400. The van der Waals surface area contributed by atoms with E-state index in [4.69, 9.17) is 11.5 Å². The lowest BCUT2D eigenvalue weighted by Crippen LogP contribution is -2.12. The van der Waals surface area contributed by atoms with Gasteiger partial charge in [0.1, 0.15) is 0 Å². The highest BCUT2D eigenvalue weighted by Crippen LogP contribution is 2.24. The van der Waals surface area contributed by atoms with E-state index in [1.54, 1.807) is 0 Å². The Hall–Kier alpha value is -1.02. The molecular formula is C10H16N2. The van der Waals surface area contributed by atoms with Crippen LogP contribution in [0.4, 0.5) is 5.69 Å². The van der Waals surface area contributed by atoms with Gasteiger partial charge < -0.3 is 11.5 Å². The van der Waals surface area contributed by atoms with Crippen molar-refractivity contribution in [3.8, 4) is 0 Å². The average Bonchev–Trinajstić information content (AvgIpc) is 2.03. The second-order valence-electron chi connectivity index (χ2n) is 3.09. The summed E-state index contributed by atoms with van der Waals surface area (Å²) in [6.45, 7) is 4.11. The molecule has 1 aromatic carbocycles. The van der Waals surface area contributed by atoms with Gasteiger partial charge in [0.2, 0.25) is 0 Å². The van der Waals surface area contributed by atoms with E-state index in [9.17, 15) is 0 Å². The van der Waals surface area contributed by atoms with Gasteiger partial charge in [-0.05, 0) is 30.5 Å². The monoisotopic (exact) mass is 164 g/mol. The molecule has 0 heterocycles. The lowest BCUT2D eigenvalue weighted by molar-refractivity contribution is 0.696. The molecule has 0 saturated carbocycles. The predicted octanol–water partition coefficient (Wildman–Crippen LogP) is 1.99. The summed E-state index contributed by atoms with van der Waals surface area (Å²) in [4.78, 5) is 0. The maximum atomic E-state index is 5.92. The van der Waals surface area contributed by atoms with Gasteiger partial charge in [0, 0.05) is 11.7 Å². The number of hydrogen-bond donors (Lipinski definition) is 2. The number of aryl methyl sites for hydroxylation is 1. The zero-order valence-corrected chi connectivity index (χ0v) is 7.67. The first-order valence-corrected chi connectivity index (χ1v) is 4.27. The van der Waals surface area contributed by atoms with Crippen molar-refractivity contribution in [1.82, 2.24) is 0 Å². The Labute approximate surface area is 73.6 Å². The predicted molar refractivity (Wildman–Crippen MR) is 52.8 cm³/mol. The van der Waals surface area contributed by atoms with Gasteiger partial charge in [0.25, 0.3) is 0 Å². The quantitative estimate of drug-likeness (QED) is 0.657. The van der Waals surface area contributed by atoms with E-state index in [1.807, 2.05) is 25.1 Å². The number of anilines is 1. The van der Waals surface area contributed by atoms with E-state index in [0.717, 1.165) is 17.7 Å². The molecule has 0 aliphatic heterocycles. The first-order valence-electron chi connectivity index (χ1n) is 4.27. The summed E-state index contributed by atoms with van der Waals surface area (Å²) in [5, 5.41) is 0. The lowest BCUT2D eigenvalue weighted by Gasteiger charge is -2.14. The molecule has 4 N–H and O–H groups in total. The van der Waals surface area contributed by atoms with Crippen molar-refractivity contribution in [3.63, 3.8) is 0 Å². The largest absolute Gasteiger partial charge is 0.398 e. The summed E-state index contributed by atoms with van der Waals surface area (Å²) in [6.07, 6.45) is 0.926. The average molecular weight is 164 g/mol. The molecule has 0 fully saturated rings. The zero-order chi connectivity index (χ0) is 9.14. The summed E-state index contributed by atoms with van der Waals surface area (Å²) >= 11 is 0. The van der Waals surface area contributed by atoms with Crippen molar-refractivity contribution in [1.29, 1.82) is 0 Å². The zero-order valence-electron chi connectivity index (χ0n) is 7.67. The molecule has 0 spiro atoms. The molecule has 0 saturated heterocycles. The minimum Gasteiger partial charge on any atom is -0.398 e. The second-order valence-corrected chi connectivity index (χ2v) is 3.09. The Morgan fingerprint density at radius 3 is 2.58 bits per heavy atom. The third kappa shape index (κ3) is 1.59. The summed E-state index contributed by atoms with van der Waals surface area (Å²) in [7, 11) is 0. The van der Waals surface area contributed by atoms with Crippen LogP contribution in [0.3, 0.4) is 0 Å². The van der Waals surface area contributed by atoms with E-state index < -0.39 is 0 Å². The fourth-order valence-corrected chi connectivity index (χ4v) is 1.41. The standard InChI is InChI=1S/C10H16N2/c1-3-8(11)10-7(2)5-4-6-9(10)12/h4-6,8H,3,11-12H2,1-2H3/t8-/m1/s1. The smallest absolute Gasteiger partial charge is 0.0365 e. The van der Waals surface area contributed by atoms with Gasteiger partial charge in [0.15, 0.2) is 0 Å². The highest BCUT2D eigenvalue weighted by molar-refractivity contribution is 5.52. The van der Waals surface area contributed by atoms with Crippen molar-refractivity contribution in [2.75, 3.05) is 5.73 Å². The van der Waals surface area contributed by atoms with Crippen LogP contribution in [0, 0.1) is 6.92 Å². The topological polar surface area (TPSA) is 52.0 Å². The maximum Gasteiger partial charge on any atom is 0.0365 e. The molecular weight excluding hydrogens is 148 g/mol. The van der Waals surface area contributed by atoms with E-state index >= 15 is 0 Å². The minimum atomic E-state index is 0.0752. The highest BCUT2D eigenvalue weighted by Gasteiger charge is 2.09. The molecule has 1 rings (SSSR count). The summed E-state index contributed by atoms with van der Waals surface area (Å²) < 4.78 is 0. The Balaban J connectivity index is 3.12. The molecule has 12 heavy (non-hydrogen) atoms. The van der Waals surface area contributed by atoms with Crippen LogP contribution in [0.1, 0.15) is 30.5 Å². The first kappa shape index (κ1) is 9.07. The molecule has 0 aromatic heterocycles. The molecule has 0 amide bonds. The van der Waals surface area contributed by atoms with Crippen LogP contribution in [0.15, 0.2) is 18.2 Å². The molecule has 0 aliphatic rings. The molecule has 1 atom stereocenters. The van der Waals surface area contributed by atoms with Gasteiger partial charge in [-0.3, -0.25) is 0 Å². The molecule has 2 heteroatoms.